The highest BCUT2D eigenvalue weighted by Crippen LogP contribution is 2.30. The normalized spacial score (nSPS) is 17.5. The van der Waals surface area contributed by atoms with Gasteiger partial charge in [-0.3, -0.25) is 0 Å². The first-order valence-corrected chi connectivity index (χ1v) is 11.2. The average molecular weight is 476 g/mol. The Labute approximate surface area is 184 Å². The van der Waals surface area contributed by atoms with Gasteiger partial charge in [-0.25, -0.2) is 5.43 Å². The van der Waals surface area contributed by atoms with Crippen molar-refractivity contribution >= 4 is 40.0 Å². The molecule has 0 atom stereocenters. The monoisotopic (exact) mass is 475 g/mol. The third-order valence-corrected chi connectivity index (χ3v) is 5.99. The van der Waals surface area contributed by atoms with Crippen molar-refractivity contribution in [3.8, 4) is 11.5 Å². The maximum atomic E-state index is 9.99. The number of benzene rings is 1. The van der Waals surface area contributed by atoms with E-state index in [-0.39, 0.29) is 11.5 Å². The van der Waals surface area contributed by atoms with Crippen molar-refractivity contribution in [3.05, 3.63) is 22.2 Å². The minimum absolute atomic E-state index is 0.0348. The van der Waals surface area contributed by atoms with Crippen LogP contribution in [0.2, 0.25) is 0 Å². The molecule has 0 amide bonds. The second-order valence-electron chi connectivity index (χ2n) is 7.59. The molecule has 3 N–H and O–H groups in total. The molecule has 0 bridgehead atoms. The van der Waals surface area contributed by atoms with Gasteiger partial charge in [0.15, 0.2) is 0 Å². The number of piperidine rings is 2. The molecule has 160 valence electrons. The number of halogens is 1. The number of phenolic OH excluding ortho intramolecular Hbond substituents is 2. The van der Waals surface area contributed by atoms with E-state index in [9.17, 15) is 10.2 Å². The highest BCUT2D eigenvalue weighted by molar-refractivity contribution is 9.10. The van der Waals surface area contributed by atoms with Gasteiger partial charge in [-0.15, -0.1) is 0 Å². The number of anilines is 3. The van der Waals surface area contributed by atoms with Gasteiger partial charge >= 0.3 is 0 Å². The zero-order valence-electron chi connectivity index (χ0n) is 16.8. The van der Waals surface area contributed by atoms with E-state index in [1.165, 1.54) is 25.1 Å². The molecule has 10 heteroatoms. The number of aromatic hydroxyl groups is 2. The second kappa shape index (κ2) is 9.46. The summed E-state index contributed by atoms with van der Waals surface area (Å²) >= 11 is 3.24. The Morgan fingerprint density at radius 1 is 0.833 bits per heavy atom. The summed E-state index contributed by atoms with van der Waals surface area (Å²) in [7, 11) is 0. The van der Waals surface area contributed by atoms with Gasteiger partial charge < -0.3 is 20.0 Å². The van der Waals surface area contributed by atoms with E-state index < -0.39 is 0 Å². The van der Waals surface area contributed by atoms with Gasteiger partial charge in [-0.2, -0.15) is 20.1 Å². The van der Waals surface area contributed by atoms with Crippen LogP contribution in [0, 0.1) is 0 Å². The fraction of sp³-hybridized carbons (Fsp3) is 0.500. The van der Waals surface area contributed by atoms with Crippen LogP contribution in [0.25, 0.3) is 0 Å². The van der Waals surface area contributed by atoms with Gasteiger partial charge in [-0.05, 0) is 60.5 Å². The molecular weight excluding hydrogens is 450 g/mol. The SMILES string of the molecule is Oc1cc(O)c(/C=N/Nc2nc(N3CCCCC3)nc(N3CCCCC3)n2)cc1Br. The van der Waals surface area contributed by atoms with Gasteiger partial charge in [0.25, 0.3) is 0 Å². The summed E-state index contributed by atoms with van der Waals surface area (Å²) in [6, 6.07) is 2.85. The maximum Gasteiger partial charge on any atom is 0.250 e. The van der Waals surface area contributed by atoms with Crippen LogP contribution in [0.1, 0.15) is 44.1 Å². The molecule has 2 fully saturated rings. The summed E-state index contributed by atoms with van der Waals surface area (Å²) < 4.78 is 0.474. The van der Waals surface area contributed by atoms with Crippen LogP contribution >= 0.6 is 15.9 Å². The van der Waals surface area contributed by atoms with E-state index in [1.54, 1.807) is 6.07 Å². The highest BCUT2D eigenvalue weighted by Gasteiger charge is 2.20. The van der Waals surface area contributed by atoms with Crippen molar-refractivity contribution in [2.24, 2.45) is 5.10 Å². The molecular formula is C20H26BrN7O2. The van der Waals surface area contributed by atoms with Crippen molar-refractivity contribution < 1.29 is 10.2 Å². The fourth-order valence-corrected chi connectivity index (χ4v) is 4.06. The van der Waals surface area contributed by atoms with Crippen molar-refractivity contribution in [1.29, 1.82) is 0 Å². The number of nitrogens with one attached hydrogen (secondary N) is 1. The Morgan fingerprint density at radius 3 is 1.97 bits per heavy atom. The summed E-state index contributed by atoms with van der Waals surface area (Å²) in [4.78, 5) is 18.3. The maximum absolute atomic E-state index is 9.99. The molecule has 1 aromatic carbocycles. The number of hydrogen-bond donors (Lipinski definition) is 3. The molecule has 0 radical (unpaired) electrons. The lowest BCUT2D eigenvalue weighted by atomic mass is 10.1. The number of hydrazone groups is 1. The van der Waals surface area contributed by atoms with E-state index in [1.807, 2.05) is 0 Å². The lowest BCUT2D eigenvalue weighted by Gasteiger charge is -2.30. The Kier molecular flexibility index (Phi) is 6.51. The quantitative estimate of drug-likeness (QED) is 0.445. The average Bonchev–Trinajstić information content (AvgIpc) is 2.78. The molecule has 4 rings (SSSR count). The van der Waals surface area contributed by atoms with E-state index >= 15 is 0 Å². The largest absolute Gasteiger partial charge is 0.507 e. The Hall–Kier alpha value is -2.62. The number of rotatable bonds is 5. The summed E-state index contributed by atoms with van der Waals surface area (Å²) in [6.07, 6.45) is 8.50. The van der Waals surface area contributed by atoms with Gasteiger partial charge in [0, 0.05) is 37.8 Å². The van der Waals surface area contributed by atoms with Crippen LogP contribution in [0.5, 0.6) is 11.5 Å². The van der Waals surface area contributed by atoms with E-state index in [2.05, 4.69) is 46.2 Å². The molecule has 9 nitrogen and oxygen atoms in total. The van der Waals surface area contributed by atoms with Gasteiger partial charge in [0.05, 0.1) is 10.7 Å². The molecule has 30 heavy (non-hydrogen) atoms. The summed E-state index contributed by atoms with van der Waals surface area (Å²) in [5.41, 5.74) is 3.33. The number of hydrogen-bond acceptors (Lipinski definition) is 9. The minimum atomic E-state index is -0.0695. The molecule has 1 aromatic heterocycles. The first-order valence-electron chi connectivity index (χ1n) is 10.4. The lowest BCUT2D eigenvalue weighted by Crippen LogP contribution is -2.34. The van der Waals surface area contributed by atoms with Crippen LogP contribution < -0.4 is 15.2 Å². The van der Waals surface area contributed by atoms with Crippen molar-refractivity contribution in [1.82, 2.24) is 15.0 Å². The predicted octanol–water partition coefficient (Wildman–Crippen LogP) is 3.47. The lowest BCUT2D eigenvalue weighted by molar-refractivity contribution is 0.448. The highest BCUT2D eigenvalue weighted by atomic mass is 79.9. The van der Waals surface area contributed by atoms with Crippen molar-refractivity contribution in [2.75, 3.05) is 41.4 Å². The summed E-state index contributed by atoms with van der Waals surface area (Å²) in [6.45, 7) is 3.78. The van der Waals surface area contributed by atoms with Gasteiger partial charge in [0.1, 0.15) is 11.5 Å². The van der Waals surface area contributed by atoms with Crippen molar-refractivity contribution in [2.45, 2.75) is 38.5 Å². The molecule has 0 aliphatic carbocycles. The number of aromatic nitrogens is 3. The van der Waals surface area contributed by atoms with Gasteiger partial charge in [-0.1, -0.05) is 0 Å². The minimum Gasteiger partial charge on any atom is -0.507 e. The number of nitrogens with zero attached hydrogens (tertiary/aromatic N) is 6. The topological polar surface area (TPSA) is 110 Å². The Bertz CT molecular complexity index is 876. The third-order valence-electron chi connectivity index (χ3n) is 5.35. The Balaban J connectivity index is 1.57. The zero-order chi connectivity index (χ0) is 20.9. The molecule has 2 aliphatic rings. The van der Waals surface area contributed by atoms with Crippen molar-refractivity contribution in [3.63, 3.8) is 0 Å². The van der Waals surface area contributed by atoms with E-state index in [4.69, 9.17) is 4.98 Å². The molecule has 3 heterocycles. The zero-order valence-corrected chi connectivity index (χ0v) is 18.3. The third kappa shape index (κ3) is 4.92. The molecule has 2 saturated heterocycles. The molecule has 0 unspecified atom stereocenters. The van der Waals surface area contributed by atoms with E-state index in [0.717, 1.165) is 51.9 Å². The Morgan fingerprint density at radius 2 is 1.40 bits per heavy atom. The molecule has 2 aromatic rings. The second-order valence-corrected chi connectivity index (χ2v) is 8.44. The molecule has 2 aliphatic heterocycles. The van der Waals surface area contributed by atoms with Crippen LogP contribution in [0.15, 0.2) is 21.7 Å². The van der Waals surface area contributed by atoms with Gasteiger partial charge in [0.2, 0.25) is 17.8 Å². The predicted molar refractivity (Wildman–Crippen MR) is 121 cm³/mol. The smallest absolute Gasteiger partial charge is 0.250 e. The summed E-state index contributed by atoms with van der Waals surface area (Å²) in [5.74, 6) is 1.63. The van der Waals surface area contributed by atoms with Crippen LogP contribution in [0.3, 0.4) is 0 Å². The molecule has 0 saturated carbocycles. The van der Waals surface area contributed by atoms with Crippen LogP contribution in [-0.4, -0.2) is 57.6 Å². The van der Waals surface area contributed by atoms with Crippen LogP contribution in [-0.2, 0) is 0 Å². The first-order chi connectivity index (χ1) is 14.6. The standard InChI is InChI=1S/C20H26BrN7O2/c21-15-11-14(16(29)12-17(15)30)13-22-26-18-23-19(27-7-3-1-4-8-27)25-20(24-18)28-9-5-2-6-10-28/h11-13,29-30H,1-10H2,(H,23,24,25,26)/b22-13+. The first kappa shape index (κ1) is 20.6. The fourth-order valence-electron chi connectivity index (χ4n) is 3.70. The van der Waals surface area contributed by atoms with Crippen LogP contribution in [0.4, 0.5) is 17.8 Å². The summed E-state index contributed by atoms with van der Waals surface area (Å²) in [5, 5.41) is 23.8. The number of phenols is 2. The molecule has 0 spiro atoms. The van der Waals surface area contributed by atoms with E-state index in [0.29, 0.717) is 27.9 Å².